The molecule has 1 fully saturated rings. The van der Waals surface area contributed by atoms with E-state index in [1.165, 1.54) is 204 Å². The second-order valence-electron chi connectivity index (χ2n) is 33.5. The van der Waals surface area contributed by atoms with Crippen LogP contribution in [0.1, 0.15) is 38.1 Å². The van der Waals surface area contributed by atoms with Crippen LogP contribution in [0.4, 0.5) is 0 Å². The monoisotopic (exact) mass is 1740 g/mol. The maximum absolute atomic E-state index is 6.20. The molecule has 2 aliphatic rings. The average Bonchev–Trinajstić information content (AvgIpc) is 0.917. The van der Waals surface area contributed by atoms with Crippen LogP contribution >= 0.6 is 49.9 Å². The Bertz CT molecular complexity index is 7890. The van der Waals surface area contributed by atoms with Crippen LogP contribution in [0.2, 0.25) is 0 Å². The highest BCUT2D eigenvalue weighted by Crippen LogP contribution is 2.48. The number of thiophene rings is 3. The molecular formula is C120H85BBrO2S3+. The van der Waals surface area contributed by atoms with Crippen molar-refractivity contribution in [2.45, 2.75) is 38.9 Å². The second-order valence-corrected chi connectivity index (χ2v) is 37.4. The predicted octanol–water partition coefficient (Wildman–Crippen LogP) is 34.7. The highest BCUT2D eigenvalue weighted by molar-refractivity contribution is 9.15. The lowest BCUT2D eigenvalue weighted by molar-refractivity contribution is 0.00578. The first-order valence-electron chi connectivity index (χ1n) is 43.3. The van der Waals surface area contributed by atoms with Crippen molar-refractivity contribution in [1.82, 2.24) is 0 Å². The molecule has 1 aliphatic carbocycles. The van der Waals surface area contributed by atoms with Crippen LogP contribution in [-0.4, -0.2) is 18.3 Å². The standard InChI is InChI=1S/C54H34S.C30H20S.C24H25BO2.C12H6BrS/c1-2-12-35(13-3-1)36-26-28-37(29-27-36)38-14-8-16-41(32-38)43-22-10-24-50-51-25-11-23-44(54(51)55-53(43)50)42-17-9-15-39(33-42)40-30-31-49-47-20-5-4-18-45(47)46-19-6-7-21-48(46)52(49)34-40;1-2-8-21(9-3-1)22-16-18-23(19-17-22)24-10-6-11-25(20-24)26-13-7-14-28-27-12-4-5-15-29(27)31-30(26)28;1-23(2)24(3,4)27-25(26-23)22-12-8-11-21(17-22)20-15-13-19(14-16-20)18-9-6-5-7-10-18;13-10-6-3-5-9-8-4-1-2-7-11(8)14-12(9)10/h1-34H;1-20H;5-17H,1-4H3;1-5,7H/q;;;+1. The van der Waals surface area contributed by atoms with Gasteiger partial charge in [-0.25, -0.2) is 0 Å². The minimum absolute atomic E-state index is 0.328. The highest BCUT2D eigenvalue weighted by Gasteiger charge is 2.51. The zero-order valence-corrected chi connectivity index (χ0v) is 74.7. The third-order valence-corrected chi connectivity index (χ3v) is 29.8. The Morgan fingerprint density at radius 2 is 0.528 bits per heavy atom. The van der Waals surface area contributed by atoms with Crippen molar-refractivity contribution in [3.05, 3.63) is 453 Å². The van der Waals surface area contributed by atoms with E-state index in [4.69, 9.17) is 9.31 Å². The van der Waals surface area contributed by atoms with Gasteiger partial charge in [-0.2, -0.15) is 0 Å². The summed E-state index contributed by atoms with van der Waals surface area (Å²) in [5.74, 6) is 0. The number of hydrogen-bond donors (Lipinski definition) is 0. The van der Waals surface area contributed by atoms with E-state index in [0.29, 0.717) is 0 Å². The van der Waals surface area contributed by atoms with E-state index in [0.717, 1.165) is 9.95 Å². The molecule has 604 valence electrons. The lowest BCUT2D eigenvalue weighted by Gasteiger charge is -2.32. The van der Waals surface area contributed by atoms with Crippen molar-refractivity contribution in [3.63, 3.8) is 0 Å². The molecule has 0 radical (unpaired) electrons. The van der Waals surface area contributed by atoms with Crippen LogP contribution in [0.25, 0.3) is 205 Å². The zero-order valence-electron chi connectivity index (χ0n) is 70.6. The molecule has 0 saturated carbocycles. The highest BCUT2D eigenvalue weighted by atomic mass is 79.9. The van der Waals surface area contributed by atoms with Crippen LogP contribution < -0.4 is 5.46 Å². The summed E-state index contributed by atoms with van der Waals surface area (Å²) in [6.07, 6.45) is 7.25. The van der Waals surface area contributed by atoms with E-state index in [1.54, 1.807) is 0 Å². The Labute approximate surface area is 762 Å². The van der Waals surface area contributed by atoms with E-state index >= 15 is 0 Å². The van der Waals surface area contributed by atoms with Gasteiger partial charge < -0.3 is 9.31 Å². The summed E-state index contributed by atoms with van der Waals surface area (Å²) in [5, 5.41) is 14.4. The number of halogens is 1. The van der Waals surface area contributed by atoms with Crippen LogP contribution in [0.15, 0.2) is 437 Å². The Morgan fingerprint density at radius 1 is 0.236 bits per heavy atom. The normalized spacial score (nSPS) is 13.1. The first-order chi connectivity index (χ1) is 62.3. The molecule has 2 nitrogen and oxygen atoms in total. The largest absolute Gasteiger partial charge is 0.494 e. The van der Waals surface area contributed by atoms with Gasteiger partial charge in [-0.3, -0.25) is 0 Å². The number of hydrogen-bond acceptors (Lipinski definition) is 5. The van der Waals surface area contributed by atoms with Gasteiger partial charge in [0.15, 0.2) is 9.36 Å². The zero-order chi connectivity index (χ0) is 85.5. The summed E-state index contributed by atoms with van der Waals surface area (Å²) >= 11 is 9.14. The molecule has 19 aromatic carbocycles. The summed E-state index contributed by atoms with van der Waals surface area (Å²) in [4.78, 5) is 1.29. The molecule has 4 heterocycles. The van der Waals surface area contributed by atoms with E-state index in [1.807, 2.05) is 46.2 Å². The van der Waals surface area contributed by atoms with Crippen LogP contribution in [0.5, 0.6) is 0 Å². The average molecular weight is 1750 g/mol. The molecule has 0 unspecified atom stereocenters. The van der Waals surface area contributed by atoms with Gasteiger partial charge in [0.1, 0.15) is 11.6 Å². The Kier molecular flexibility index (Phi) is 21.9. The molecule has 0 N–H and O–H groups in total. The number of fused-ring (bicyclic) bond motifs is 15. The van der Waals surface area contributed by atoms with Crippen LogP contribution in [0, 0.1) is 6.08 Å². The molecule has 0 amide bonds. The first kappa shape index (κ1) is 80.3. The quantitative estimate of drug-likeness (QED) is 0.0730. The molecular weight excluding hydrogens is 1660 g/mol. The molecule has 1 saturated heterocycles. The van der Waals surface area contributed by atoms with Crippen molar-refractivity contribution in [2.75, 3.05) is 0 Å². The maximum Gasteiger partial charge on any atom is 0.494 e. The summed E-state index contributed by atoms with van der Waals surface area (Å²) < 4.78 is 20.1. The molecule has 0 bridgehead atoms. The minimum atomic E-state index is -0.335. The predicted molar refractivity (Wildman–Crippen MR) is 554 cm³/mol. The lowest BCUT2D eigenvalue weighted by atomic mass is 9.78. The Morgan fingerprint density at radius 3 is 0.976 bits per heavy atom. The fourth-order valence-electron chi connectivity index (χ4n) is 17.9. The first-order valence-corrected chi connectivity index (χ1v) is 46.5. The van der Waals surface area contributed by atoms with Gasteiger partial charge in [0.2, 0.25) is 0 Å². The maximum atomic E-state index is 6.20. The topological polar surface area (TPSA) is 18.5 Å². The lowest BCUT2D eigenvalue weighted by Crippen LogP contribution is -2.41. The molecule has 1 aliphatic heterocycles. The molecule has 127 heavy (non-hydrogen) atoms. The summed E-state index contributed by atoms with van der Waals surface area (Å²) in [6.45, 7) is 8.33. The fourth-order valence-corrected chi connectivity index (χ4v) is 22.2. The number of benzene rings is 19. The van der Waals surface area contributed by atoms with Crippen LogP contribution in [0.3, 0.4) is 0 Å². The molecule has 22 aromatic rings. The third kappa shape index (κ3) is 16.0. The van der Waals surface area contributed by atoms with Gasteiger partial charge in [-0.05, 0) is 229 Å². The van der Waals surface area contributed by atoms with Gasteiger partial charge in [0.25, 0.3) is 0 Å². The fraction of sp³-hybridized carbons (Fsp3) is 0.0500. The van der Waals surface area contributed by atoms with E-state index in [-0.39, 0.29) is 18.3 Å². The van der Waals surface area contributed by atoms with E-state index in [2.05, 4.69) is 480 Å². The number of rotatable bonds is 11. The van der Waals surface area contributed by atoms with Gasteiger partial charge in [-0.1, -0.05) is 406 Å². The van der Waals surface area contributed by atoms with Crippen molar-refractivity contribution in [2.24, 2.45) is 0 Å². The summed E-state index contributed by atoms with van der Waals surface area (Å²) in [6, 6.07) is 156. The summed E-state index contributed by atoms with van der Waals surface area (Å²) in [5.41, 5.74) is 26.5. The smallest absolute Gasteiger partial charge is 0.399 e. The van der Waals surface area contributed by atoms with E-state index in [9.17, 15) is 0 Å². The molecule has 24 rings (SSSR count). The van der Waals surface area contributed by atoms with Crippen molar-refractivity contribution >= 4 is 156 Å². The van der Waals surface area contributed by atoms with Crippen LogP contribution in [-0.2, 0) is 9.31 Å². The van der Waals surface area contributed by atoms with E-state index < -0.39 is 0 Å². The van der Waals surface area contributed by atoms with Gasteiger partial charge in [0.05, 0.1) is 28.1 Å². The van der Waals surface area contributed by atoms with Gasteiger partial charge in [-0.15, -0.1) is 22.7 Å². The molecule has 0 atom stereocenters. The van der Waals surface area contributed by atoms with Crippen molar-refractivity contribution < 1.29 is 9.31 Å². The SMILES string of the molecule is BrC1=[C+]C=Cc2c1sc1ccccc21.CC1(C)OB(c2cccc(-c3ccc(-c4ccccc4)cc3)c2)OC1(C)C.c1ccc(-c2ccc(-c3cccc(-c4cccc5c4sc4c(-c6cccc(-c7ccc8c9ccccc9c9ccccc9c8c7)c6)cccc45)c3)cc2)cc1.c1ccc(-c2ccc(-c3cccc(-c4cccc5c4sc4ccccc45)c3)cc2)cc1. The van der Waals surface area contributed by atoms with Crippen molar-refractivity contribution in [3.8, 4) is 111 Å². The minimum Gasteiger partial charge on any atom is -0.399 e. The Balaban J connectivity index is 0.000000115. The Hall–Kier alpha value is -13.8. The van der Waals surface area contributed by atoms with Gasteiger partial charge in [0, 0.05) is 45.7 Å². The van der Waals surface area contributed by atoms with Crippen molar-refractivity contribution in [1.29, 1.82) is 0 Å². The number of allylic oxidation sites excluding steroid dienone is 2. The third-order valence-electron chi connectivity index (χ3n) is 25.2. The van der Waals surface area contributed by atoms with Gasteiger partial charge >= 0.3 is 7.12 Å². The molecule has 7 heteroatoms. The second kappa shape index (κ2) is 34.6. The summed E-state index contributed by atoms with van der Waals surface area (Å²) in [7, 11) is -0.335. The molecule has 3 aromatic heterocycles. The molecule has 0 spiro atoms.